The highest BCUT2D eigenvalue weighted by molar-refractivity contribution is 5.79. The van der Waals surface area contributed by atoms with E-state index in [-0.39, 0.29) is 30.8 Å². The minimum absolute atomic E-state index is 0.0124. The number of nitrogens with one attached hydrogen (secondary N) is 1. The lowest BCUT2D eigenvalue weighted by Gasteiger charge is -2.22. The lowest BCUT2D eigenvalue weighted by Crippen LogP contribution is -2.35. The average molecular weight is 465 g/mol. The molecular weight excluding hydrogens is 432 g/mol. The van der Waals surface area contributed by atoms with Crippen LogP contribution in [-0.4, -0.2) is 54.7 Å². The van der Waals surface area contributed by atoms with Crippen LogP contribution in [0, 0.1) is 11.8 Å². The third-order valence-corrected chi connectivity index (χ3v) is 6.89. The Kier molecular flexibility index (Phi) is 7.50. The third-order valence-electron chi connectivity index (χ3n) is 6.89. The van der Waals surface area contributed by atoms with E-state index >= 15 is 0 Å². The number of amides is 2. The van der Waals surface area contributed by atoms with Gasteiger partial charge in [-0.15, -0.1) is 0 Å². The summed E-state index contributed by atoms with van der Waals surface area (Å²) < 4.78 is 5.62. The number of carbonyl (C=O) groups is 3. The van der Waals surface area contributed by atoms with Crippen LogP contribution in [0.25, 0.3) is 11.1 Å². The van der Waals surface area contributed by atoms with E-state index in [2.05, 4.69) is 29.6 Å². The molecule has 0 heterocycles. The molecule has 1 fully saturated rings. The normalized spacial score (nSPS) is 15.2. The number of alkyl carbamates (subject to hydrolysis) is 1. The fourth-order valence-electron chi connectivity index (χ4n) is 4.81. The molecule has 34 heavy (non-hydrogen) atoms. The Bertz CT molecular complexity index is 1000. The first-order valence-corrected chi connectivity index (χ1v) is 12.0. The molecule has 0 aliphatic heterocycles. The first kappa shape index (κ1) is 23.8. The van der Waals surface area contributed by atoms with E-state index in [1.54, 1.807) is 11.9 Å². The molecule has 0 saturated heterocycles. The van der Waals surface area contributed by atoms with Crippen molar-refractivity contribution in [2.45, 2.75) is 38.0 Å². The Morgan fingerprint density at radius 1 is 1.06 bits per heavy atom. The lowest BCUT2D eigenvalue weighted by molar-refractivity contribution is -0.138. The van der Waals surface area contributed by atoms with Crippen LogP contribution in [0.15, 0.2) is 48.5 Å². The van der Waals surface area contributed by atoms with Crippen molar-refractivity contribution < 1.29 is 24.2 Å². The number of rotatable bonds is 11. The third kappa shape index (κ3) is 5.76. The average Bonchev–Trinajstić information content (AvgIpc) is 3.62. The highest BCUT2D eigenvalue weighted by atomic mass is 16.5. The number of aliphatic carboxylic acids is 1. The Labute approximate surface area is 200 Å². The minimum atomic E-state index is -0.857. The molecule has 2 amide bonds. The number of carboxylic acids is 1. The van der Waals surface area contributed by atoms with Crippen molar-refractivity contribution in [3.8, 4) is 11.1 Å². The summed E-state index contributed by atoms with van der Waals surface area (Å²) in [7, 11) is 1.70. The molecule has 0 spiro atoms. The molecule has 0 bridgehead atoms. The molecule has 2 aromatic carbocycles. The fourth-order valence-corrected chi connectivity index (χ4v) is 4.81. The van der Waals surface area contributed by atoms with Gasteiger partial charge < -0.3 is 20.1 Å². The summed E-state index contributed by atoms with van der Waals surface area (Å²) in [6.45, 7) is 1.08. The number of ether oxygens (including phenoxy) is 1. The summed E-state index contributed by atoms with van der Waals surface area (Å²) in [5, 5.41) is 11.6. The molecule has 0 radical (unpaired) electrons. The van der Waals surface area contributed by atoms with Gasteiger partial charge in [-0.25, -0.2) is 4.79 Å². The molecule has 7 nitrogen and oxygen atoms in total. The SMILES string of the molecule is CN(CCCC(=O)O)C(=O)CC(CNC(=O)OCC1c2ccccc2-c2ccccc21)C1CC1. The number of nitrogens with zero attached hydrogens (tertiary/aromatic N) is 1. The molecule has 7 heteroatoms. The van der Waals surface area contributed by atoms with E-state index in [9.17, 15) is 14.4 Å². The maximum atomic E-state index is 12.6. The van der Waals surface area contributed by atoms with Gasteiger partial charge in [-0.2, -0.15) is 0 Å². The highest BCUT2D eigenvalue weighted by Gasteiger charge is 2.34. The zero-order chi connectivity index (χ0) is 24.1. The van der Waals surface area contributed by atoms with Crippen LogP contribution < -0.4 is 5.32 Å². The smallest absolute Gasteiger partial charge is 0.407 e. The van der Waals surface area contributed by atoms with Gasteiger partial charge in [0, 0.05) is 38.9 Å². The molecule has 2 aliphatic carbocycles. The Hall–Kier alpha value is -3.35. The molecule has 2 aliphatic rings. The van der Waals surface area contributed by atoms with Gasteiger partial charge in [0.15, 0.2) is 0 Å². The van der Waals surface area contributed by atoms with Crippen LogP contribution >= 0.6 is 0 Å². The van der Waals surface area contributed by atoms with Gasteiger partial charge >= 0.3 is 12.1 Å². The van der Waals surface area contributed by atoms with Gasteiger partial charge in [-0.05, 0) is 53.4 Å². The molecule has 1 saturated carbocycles. The maximum Gasteiger partial charge on any atom is 0.407 e. The highest BCUT2D eigenvalue weighted by Crippen LogP contribution is 2.44. The van der Waals surface area contributed by atoms with E-state index in [0.717, 1.165) is 12.8 Å². The van der Waals surface area contributed by atoms with Gasteiger partial charge in [0.25, 0.3) is 0 Å². The van der Waals surface area contributed by atoms with Gasteiger partial charge in [-0.3, -0.25) is 9.59 Å². The number of carbonyl (C=O) groups excluding carboxylic acids is 2. The molecule has 1 unspecified atom stereocenters. The summed E-state index contributed by atoms with van der Waals surface area (Å²) in [5.41, 5.74) is 4.71. The largest absolute Gasteiger partial charge is 0.481 e. The second-order valence-electron chi connectivity index (χ2n) is 9.32. The number of fused-ring (bicyclic) bond motifs is 3. The van der Waals surface area contributed by atoms with E-state index in [1.165, 1.54) is 22.3 Å². The van der Waals surface area contributed by atoms with E-state index in [1.807, 2.05) is 24.3 Å². The lowest BCUT2D eigenvalue weighted by atomic mass is 9.98. The summed E-state index contributed by atoms with van der Waals surface area (Å²) in [6, 6.07) is 16.4. The van der Waals surface area contributed by atoms with Gasteiger partial charge in [0.05, 0.1) is 0 Å². The van der Waals surface area contributed by atoms with Crippen LogP contribution in [-0.2, 0) is 14.3 Å². The van der Waals surface area contributed by atoms with Crippen LogP contribution in [0.5, 0.6) is 0 Å². The summed E-state index contributed by atoms with van der Waals surface area (Å²) >= 11 is 0. The monoisotopic (exact) mass is 464 g/mol. The van der Waals surface area contributed by atoms with Crippen molar-refractivity contribution in [2.75, 3.05) is 26.7 Å². The quantitative estimate of drug-likeness (QED) is 0.518. The molecule has 0 aromatic heterocycles. The fraction of sp³-hybridized carbons (Fsp3) is 0.444. The predicted octanol–water partition coefficient (Wildman–Crippen LogP) is 4.26. The Morgan fingerprint density at radius 3 is 2.26 bits per heavy atom. The minimum Gasteiger partial charge on any atom is -0.481 e. The first-order valence-electron chi connectivity index (χ1n) is 12.0. The number of carboxylic acid groups (broad SMARTS) is 1. The van der Waals surface area contributed by atoms with Crippen LogP contribution in [0.1, 0.15) is 49.1 Å². The van der Waals surface area contributed by atoms with Crippen LogP contribution in [0.3, 0.4) is 0 Å². The topological polar surface area (TPSA) is 95.9 Å². The molecule has 4 rings (SSSR count). The number of hydrogen-bond acceptors (Lipinski definition) is 4. The standard InChI is InChI=1S/C27H32N2O5/c1-29(14-6-11-26(31)32)25(30)15-19(18-12-13-18)16-28-27(33)34-17-24-22-9-4-2-7-20(22)21-8-3-5-10-23(21)24/h2-5,7-10,18-19,24H,6,11-17H2,1H3,(H,28,33)(H,31,32). The van der Waals surface area contributed by atoms with Gasteiger partial charge in [-0.1, -0.05) is 48.5 Å². The number of hydrogen-bond donors (Lipinski definition) is 2. The van der Waals surface area contributed by atoms with Gasteiger partial charge in [0.1, 0.15) is 6.61 Å². The predicted molar refractivity (Wildman–Crippen MR) is 128 cm³/mol. The molecule has 2 aromatic rings. The van der Waals surface area contributed by atoms with E-state index < -0.39 is 12.1 Å². The van der Waals surface area contributed by atoms with Crippen molar-refractivity contribution in [1.82, 2.24) is 10.2 Å². The van der Waals surface area contributed by atoms with Crippen molar-refractivity contribution in [3.63, 3.8) is 0 Å². The van der Waals surface area contributed by atoms with Crippen LogP contribution in [0.2, 0.25) is 0 Å². The zero-order valence-corrected chi connectivity index (χ0v) is 19.5. The Morgan fingerprint density at radius 2 is 1.68 bits per heavy atom. The van der Waals surface area contributed by atoms with Crippen molar-refractivity contribution in [2.24, 2.45) is 11.8 Å². The molecule has 2 N–H and O–H groups in total. The molecule has 1 atom stereocenters. The maximum absolute atomic E-state index is 12.6. The zero-order valence-electron chi connectivity index (χ0n) is 19.5. The molecule has 180 valence electrons. The van der Waals surface area contributed by atoms with Crippen molar-refractivity contribution >= 4 is 18.0 Å². The summed E-state index contributed by atoms with van der Waals surface area (Å²) in [6.07, 6.45) is 2.49. The second kappa shape index (κ2) is 10.7. The van der Waals surface area contributed by atoms with E-state index in [0.29, 0.717) is 31.8 Å². The number of benzene rings is 2. The molecular formula is C27H32N2O5. The Balaban J connectivity index is 1.27. The van der Waals surface area contributed by atoms with E-state index in [4.69, 9.17) is 9.84 Å². The summed E-state index contributed by atoms with van der Waals surface area (Å²) in [4.78, 5) is 37.4. The van der Waals surface area contributed by atoms with Crippen molar-refractivity contribution in [1.29, 1.82) is 0 Å². The first-order chi connectivity index (χ1) is 16.4. The van der Waals surface area contributed by atoms with Crippen molar-refractivity contribution in [3.05, 3.63) is 59.7 Å². The van der Waals surface area contributed by atoms with Gasteiger partial charge in [0.2, 0.25) is 5.91 Å². The second-order valence-corrected chi connectivity index (χ2v) is 9.32. The van der Waals surface area contributed by atoms with Crippen LogP contribution in [0.4, 0.5) is 4.79 Å². The summed E-state index contributed by atoms with van der Waals surface area (Å²) in [5.74, 6) is -0.362.